The van der Waals surface area contributed by atoms with E-state index in [4.69, 9.17) is 0 Å². The lowest BCUT2D eigenvalue weighted by molar-refractivity contribution is -0.120. The van der Waals surface area contributed by atoms with Crippen LogP contribution in [-0.4, -0.2) is 21.7 Å². The maximum atomic E-state index is 14.0. The Hall–Kier alpha value is -2.24. The molecular formula is C18H19F2N3O. The molecule has 0 bridgehead atoms. The molecule has 1 fully saturated rings. The van der Waals surface area contributed by atoms with Gasteiger partial charge in [0.15, 0.2) is 0 Å². The number of halogens is 2. The number of hydrogen-bond donors (Lipinski definition) is 0. The first-order chi connectivity index (χ1) is 11.5. The molecule has 2 aliphatic rings. The molecule has 0 N–H and O–H groups in total. The van der Waals surface area contributed by atoms with Crippen LogP contribution in [0.3, 0.4) is 0 Å². The Bertz CT molecular complexity index is 803. The molecule has 24 heavy (non-hydrogen) atoms. The Kier molecular flexibility index (Phi) is 3.44. The van der Waals surface area contributed by atoms with Gasteiger partial charge in [-0.05, 0) is 44.2 Å². The predicted octanol–water partition coefficient (Wildman–Crippen LogP) is 3.65. The van der Waals surface area contributed by atoms with E-state index < -0.39 is 11.6 Å². The van der Waals surface area contributed by atoms with Gasteiger partial charge in [0.25, 0.3) is 0 Å². The van der Waals surface area contributed by atoms with Gasteiger partial charge in [-0.1, -0.05) is 6.07 Å². The first kappa shape index (κ1) is 15.3. The van der Waals surface area contributed by atoms with Crippen molar-refractivity contribution in [3.63, 3.8) is 0 Å². The molecule has 0 radical (unpaired) electrons. The maximum absolute atomic E-state index is 14.0. The Balaban J connectivity index is 1.59. The molecule has 4 rings (SSSR count). The first-order valence-corrected chi connectivity index (χ1v) is 8.29. The Morgan fingerprint density at radius 3 is 2.71 bits per heavy atom. The zero-order chi connectivity index (χ0) is 17.0. The largest absolute Gasteiger partial charge is 0.294 e. The van der Waals surface area contributed by atoms with Crippen LogP contribution in [-0.2, 0) is 4.79 Å². The lowest BCUT2D eigenvalue weighted by atomic mass is 10.0. The molecule has 0 unspecified atom stereocenters. The number of carbonyl (C=O) groups excluding carboxylic acids is 1. The SMILES string of the molecule is C[C@@H]1C[C@H](C)N(C(=O)[C@@H]2C[C@@H]2c2ccc(F)cc2F)c2ccnn21. The van der Waals surface area contributed by atoms with E-state index in [-0.39, 0.29) is 29.8 Å². The molecule has 4 atom stereocenters. The number of aromatic nitrogens is 2. The van der Waals surface area contributed by atoms with Crippen LogP contribution in [0.1, 0.15) is 44.2 Å². The normalized spacial score (nSPS) is 28.6. The smallest absolute Gasteiger partial charge is 0.232 e. The Morgan fingerprint density at radius 1 is 1.17 bits per heavy atom. The van der Waals surface area contributed by atoms with Crippen LogP contribution in [0, 0.1) is 17.6 Å². The van der Waals surface area contributed by atoms with E-state index in [0.717, 1.165) is 18.3 Å². The minimum atomic E-state index is -0.595. The molecule has 1 aromatic carbocycles. The molecule has 4 nitrogen and oxygen atoms in total. The first-order valence-electron chi connectivity index (χ1n) is 8.29. The third-order valence-corrected chi connectivity index (χ3v) is 5.14. The minimum Gasteiger partial charge on any atom is -0.294 e. The number of anilines is 1. The van der Waals surface area contributed by atoms with E-state index >= 15 is 0 Å². The molecular weight excluding hydrogens is 312 g/mol. The molecule has 1 amide bonds. The van der Waals surface area contributed by atoms with Crippen molar-refractivity contribution in [1.82, 2.24) is 9.78 Å². The van der Waals surface area contributed by atoms with Crippen molar-refractivity contribution in [2.75, 3.05) is 4.90 Å². The summed E-state index contributed by atoms with van der Waals surface area (Å²) in [7, 11) is 0. The molecule has 2 heterocycles. The third-order valence-electron chi connectivity index (χ3n) is 5.14. The van der Waals surface area contributed by atoms with Gasteiger partial charge in [0, 0.05) is 24.1 Å². The number of fused-ring (bicyclic) bond motifs is 1. The summed E-state index contributed by atoms with van der Waals surface area (Å²) >= 11 is 0. The number of carbonyl (C=O) groups is 1. The standard InChI is InChI=1S/C18H19F2N3O/c1-10-7-11(2)23-17(5-6-21-23)22(10)18(24)15-9-14(15)13-4-3-12(19)8-16(13)20/h3-6,8,10-11,14-15H,7,9H2,1-2H3/t10-,11+,14+,15+/m0/s1. The molecule has 2 aromatic rings. The molecule has 1 aliphatic carbocycles. The van der Waals surface area contributed by atoms with Gasteiger partial charge in [0.05, 0.1) is 12.2 Å². The molecule has 126 valence electrons. The fourth-order valence-corrected chi connectivity index (χ4v) is 3.88. The second-order valence-corrected chi connectivity index (χ2v) is 6.89. The van der Waals surface area contributed by atoms with Crippen molar-refractivity contribution < 1.29 is 13.6 Å². The molecule has 1 saturated carbocycles. The minimum absolute atomic E-state index is 0.00451. The van der Waals surface area contributed by atoms with E-state index in [0.29, 0.717) is 12.0 Å². The summed E-state index contributed by atoms with van der Waals surface area (Å²) in [6.07, 6.45) is 3.14. The highest BCUT2D eigenvalue weighted by Crippen LogP contribution is 2.50. The van der Waals surface area contributed by atoms with Gasteiger partial charge in [-0.25, -0.2) is 13.5 Å². The average Bonchev–Trinajstić information content (AvgIpc) is 3.15. The van der Waals surface area contributed by atoms with Crippen LogP contribution in [0.25, 0.3) is 0 Å². The Morgan fingerprint density at radius 2 is 1.96 bits per heavy atom. The third kappa shape index (κ3) is 2.32. The second kappa shape index (κ2) is 5.40. The topological polar surface area (TPSA) is 38.1 Å². The molecule has 0 spiro atoms. The van der Waals surface area contributed by atoms with Crippen molar-refractivity contribution in [3.05, 3.63) is 47.7 Å². The maximum Gasteiger partial charge on any atom is 0.232 e. The van der Waals surface area contributed by atoms with E-state index in [1.165, 1.54) is 12.1 Å². The summed E-state index contributed by atoms with van der Waals surface area (Å²) in [5.74, 6) is -0.769. The number of rotatable bonds is 2. The van der Waals surface area contributed by atoms with Crippen LogP contribution in [0.2, 0.25) is 0 Å². The highest BCUT2D eigenvalue weighted by atomic mass is 19.1. The van der Waals surface area contributed by atoms with Gasteiger partial charge in [-0.3, -0.25) is 9.69 Å². The predicted molar refractivity (Wildman–Crippen MR) is 85.7 cm³/mol. The highest BCUT2D eigenvalue weighted by Gasteiger charge is 2.49. The lowest BCUT2D eigenvalue weighted by Gasteiger charge is -2.37. The molecule has 0 saturated heterocycles. The van der Waals surface area contributed by atoms with Gasteiger partial charge in [-0.2, -0.15) is 5.10 Å². The quantitative estimate of drug-likeness (QED) is 0.842. The number of amides is 1. The van der Waals surface area contributed by atoms with E-state index in [1.54, 1.807) is 11.1 Å². The van der Waals surface area contributed by atoms with E-state index in [1.807, 2.05) is 17.7 Å². The van der Waals surface area contributed by atoms with Gasteiger partial charge in [0.1, 0.15) is 17.5 Å². The van der Waals surface area contributed by atoms with Crippen molar-refractivity contribution >= 4 is 11.7 Å². The summed E-state index contributed by atoms with van der Waals surface area (Å²) in [4.78, 5) is 14.8. The van der Waals surface area contributed by atoms with Gasteiger partial charge in [-0.15, -0.1) is 0 Å². The van der Waals surface area contributed by atoms with E-state index in [9.17, 15) is 13.6 Å². The molecule has 1 aliphatic heterocycles. The summed E-state index contributed by atoms with van der Waals surface area (Å²) in [6, 6.07) is 5.76. The zero-order valence-electron chi connectivity index (χ0n) is 13.6. The monoisotopic (exact) mass is 331 g/mol. The van der Waals surface area contributed by atoms with Crippen molar-refractivity contribution in [1.29, 1.82) is 0 Å². The molecule has 6 heteroatoms. The number of benzene rings is 1. The van der Waals surface area contributed by atoms with Crippen LogP contribution >= 0.6 is 0 Å². The van der Waals surface area contributed by atoms with Crippen molar-refractivity contribution in [3.8, 4) is 0 Å². The average molecular weight is 331 g/mol. The second-order valence-electron chi connectivity index (χ2n) is 6.89. The van der Waals surface area contributed by atoms with Gasteiger partial charge < -0.3 is 0 Å². The Labute approximate surface area is 139 Å². The van der Waals surface area contributed by atoms with Crippen LogP contribution in [0.15, 0.2) is 30.5 Å². The summed E-state index contributed by atoms with van der Waals surface area (Å²) in [5.41, 5.74) is 0.432. The van der Waals surface area contributed by atoms with Crippen molar-refractivity contribution in [2.24, 2.45) is 5.92 Å². The van der Waals surface area contributed by atoms with Gasteiger partial charge >= 0.3 is 0 Å². The van der Waals surface area contributed by atoms with Crippen LogP contribution < -0.4 is 4.90 Å². The zero-order valence-corrected chi connectivity index (χ0v) is 13.6. The summed E-state index contributed by atoms with van der Waals surface area (Å²) < 4.78 is 28.9. The van der Waals surface area contributed by atoms with Crippen LogP contribution in [0.5, 0.6) is 0 Å². The van der Waals surface area contributed by atoms with E-state index in [2.05, 4.69) is 12.0 Å². The fourth-order valence-electron chi connectivity index (χ4n) is 3.88. The molecule has 1 aromatic heterocycles. The summed E-state index contributed by atoms with van der Waals surface area (Å²) in [6.45, 7) is 4.11. The number of nitrogens with zero attached hydrogens (tertiary/aromatic N) is 3. The van der Waals surface area contributed by atoms with Crippen molar-refractivity contribution in [2.45, 2.75) is 44.7 Å². The van der Waals surface area contributed by atoms with Gasteiger partial charge in [0.2, 0.25) is 5.91 Å². The van der Waals surface area contributed by atoms with Crippen LogP contribution in [0.4, 0.5) is 14.6 Å². The lowest BCUT2D eigenvalue weighted by Crippen LogP contribution is -2.45. The fraction of sp³-hybridized carbons (Fsp3) is 0.444. The summed E-state index contributed by atoms with van der Waals surface area (Å²) in [5, 5.41) is 4.31. The number of hydrogen-bond acceptors (Lipinski definition) is 2. The highest BCUT2D eigenvalue weighted by molar-refractivity contribution is 5.97.